The quantitative estimate of drug-likeness (QED) is 0.745. The molecule has 0 fully saturated rings. The average molecular weight is 196 g/mol. The van der Waals surface area contributed by atoms with E-state index in [2.05, 4.69) is 20.5 Å². The zero-order chi connectivity index (χ0) is 10.6. The van der Waals surface area contributed by atoms with E-state index in [1.807, 2.05) is 20.8 Å². The highest BCUT2D eigenvalue weighted by atomic mass is 16.1. The summed E-state index contributed by atoms with van der Waals surface area (Å²) >= 11 is 0. The highest BCUT2D eigenvalue weighted by molar-refractivity contribution is 5.78. The zero-order valence-corrected chi connectivity index (χ0v) is 8.74. The number of aromatic nitrogens is 3. The number of aromatic amines is 1. The molecule has 1 amide bonds. The number of carbonyl (C=O) groups is 1. The van der Waals surface area contributed by atoms with Crippen LogP contribution in [0, 0.1) is 11.8 Å². The zero-order valence-electron chi connectivity index (χ0n) is 8.74. The molecule has 0 aliphatic rings. The lowest BCUT2D eigenvalue weighted by Gasteiger charge is -2.14. The number of carbonyl (C=O) groups excluding carboxylic acids is 1. The Kier molecular flexibility index (Phi) is 3.62. The summed E-state index contributed by atoms with van der Waals surface area (Å²) in [5, 5.41) is 9.17. The van der Waals surface area contributed by atoms with Crippen molar-refractivity contribution >= 4 is 5.91 Å². The van der Waals surface area contributed by atoms with Gasteiger partial charge < -0.3 is 5.32 Å². The van der Waals surface area contributed by atoms with E-state index in [4.69, 9.17) is 0 Å². The lowest BCUT2D eigenvalue weighted by Crippen LogP contribution is -2.31. The summed E-state index contributed by atoms with van der Waals surface area (Å²) in [4.78, 5) is 15.4. The van der Waals surface area contributed by atoms with Crippen molar-refractivity contribution in [3.05, 3.63) is 12.2 Å². The molecule has 1 heterocycles. The van der Waals surface area contributed by atoms with Gasteiger partial charge >= 0.3 is 0 Å². The van der Waals surface area contributed by atoms with Gasteiger partial charge in [-0.25, -0.2) is 4.98 Å². The minimum absolute atomic E-state index is 0.0259. The van der Waals surface area contributed by atoms with Gasteiger partial charge in [0.1, 0.15) is 12.2 Å². The molecule has 0 saturated carbocycles. The lowest BCUT2D eigenvalue weighted by molar-refractivity contribution is -0.125. The second-order valence-electron chi connectivity index (χ2n) is 3.68. The molecule has 0 radical (unpaired) electrons. The van der Waals surface area contributed by atoms with E-state index < -0.39 is 0 Å². The summed E-state index contributed by atoms with van der Waals surface area (Å²) in [5.74, 6) is 1.10. The van der Waals surface area contributed by atoms with Crippen LogP contribution in [0.25, 0.3) is 0 Å². The maximum atomic E-state index is 11.5. The van der Waals surface area contributed by atoms with E-state index in [-0.39, 0.29) is 11.8 Å². The van der Waals surface area contributed by atoms with Gasteiger partial charge in [-0.15, -0.1) is 0 Å². The number of nitrogens with one attached hydrogen (secondary N) is 2. The molecule has 0 bridgehead atoms. The van der Waals surface area contributed by atoms with Crippen molar-refractivity contribution in [2.75, 3.05) is 0 Å². The van der Waals surface area contributed by atoms with Crippen molar-refractivity contribution in [2.45, 2.75) is 27.3 Å². The molecule has 1 aromatic heterocycles. The Morgan fingerprint density at radius 2 is 2.29 bits per heavy atom. The van der Waals surface area contributed by atoms with Crippen LogP contribution in [0.1, 0.15) is 26.6 Å². The van der Waals surface area contributed by atoms with E-state index in [0.29, 0.717) is 18.3 Å². The first kappa shape index (κ1) is 10.7. The third-order valence-corrected chi connectivity index (χ3v) is 2.31. The van der Waals surface area contributed by atoms with Gasteiger partial charge in [0.05, 0.1) is 6.54 Å². The van der Waals surface area contributed by atoms with Crippen LogP contribution in [0.15, 0.2) is 6.33 Å². The first-order valence-corrected chi connectivity index (χ1v) is 4.73. The fourth-order valence-electron chi connectivity index (χ4n) is 0.951. The number of H-pyrrole nitrogens is 1. The highest BCUT2D eigenvalue weighted by Gasteiger charge is 2.16. The predicted molar refractivity (Wildman–Crippen MR) is 52.2 cm³/mol. The summed E-state index contributed by atoms with van der Waals surface area (Å²) in [6.45, 7) is 6.38. The SMILES string of the molecule is CC(C)C(C)C(=O)NCc1ncn[nH]1. The fourth-order valence-corrected chi connectivity index (χ4v) is 0.951. The Bertz CT molecular complexity index is 281. The summed E-state index contributed by atoms with van der Waals surface area (Å²) in [5.41, 5.74) is 0. The van der Waals surface area contributed by atoms with Crippen LogP contribution in [0.5, 0.6) is 0 Å². The van der Waals surface area contributed by atoms with Gasteiger partial charge in [0.25, 0.3) is 0 Å². The number of rotatable bonds is 4. The van der Waals surface area contributed by atoms with Gasteiger partial charge in [0, 0.05) is 5.92 Å². The van der Waals surface area contributed by atoms with E-state index in [1.54, 1.807) is 0 Å². The normalized spacial score (nSPS) is 12.9. The minimum atomic E-state index is 0.0259. The standard InChI is InChI=1S/C9H16N4O/c1-6(2)7(3)9(14)10-4-8-11-5-12-13-8/h5-7H,4H2,1-3H3,(H,10,14)(H,11,12,13). The van der Waals surface area contributed by atoms with Crippen LogP contribution in [-0.2, 0) is 11.3 Å². The molecule has 0 saturated heterocycles. The van der Waals surface area contributed by atoms with Gasteiger partial charge in [-0.1, -0.05) is 20.8 Å². The molecule has 5 nitrogen and oxygen atoms in total. The Labute approximate surface area is 83.3 Å². The van der Waals surface area contributed by atoms with E-state index >= 15 is 0 Å². The summed E-state index contributed by atoms with van der Waals surface area (Å²) in [7, 11) is 0. The molecule has 5 heteroatoms. The second-order valence-corrected chi connectivity index (χ2v) is 3.68. The number of hydrogen-bond donors (Lipinski definition) is 2. The molecular weight excluding hydrogens is 180 g/mol. The van der Waals surface area contributed by atoms with Gasteiger partial charge in [-0.2, -0.15) is 5.10 Å². The second kappa shape index (κ2) is 4.74. The van der Waals surface area contributed by atoms with Gasteiger partial charge in [0.15, 0.2) is 0 Å². The van der Waals surface area contributed by atoms with Crippen LogP contribution in [0.4, 0.5) is 0 Å². The fraction of sp³-hybridized carbons (Fsp3) is 0.667. The molecule has 14 heavy (non-hydrogen) atoms. The Balaban J connectivity index is 2.35. The molecule has 1 atom stereocenters. The summed E-state index contributed by atoms with van der Waals surface area (Å²) in [6, 6.07) is 0. The Morgan fingerprint density at radius 1 is 1.57 bits per heavy atom. The van der Waals surface area contributed by atoms with Crippen LogP contribution >= 0.6 is 0 Å². The minimum Gasteiger partial charge on any atom is -0.349 e. The topological polar surface area (TPSA) is 70.7 Å². The molecule has 0 aliphatic carbocycles. The first-order valence-electron chi connectivity index (χ1n) is 4.73. The molecule has 0 aromatic carbocycles. The third kappa shape index (κ3) is 2.83. The maximum absolute atomic E-state index is 11.5. The lowest BCUT2D eigenvalue weighted by atomic mass is 9.97. The van der Waals surface area contributed by atoms with Gasteiger partial charge in [-0.3, -0.25) is 9.89 Å². The number of nitrogens with zero attached hydrogens (tertiary/aromatic N) is 2. The summed E-state index contributed by atoms with van der Waals surface area (Å²) < 4.78 is 0. The van der Waals surface area contributed by atoms with Crippen LogP contribution in [-0.4, -0.2) is 21.1 Å². The molecule has 0 aliphatic heterocycles. The summed E-state index contributed by atoms with van der Waals surface area (Å²) in [6.07, 6.45) is 1.42. The molecule has 1 aromatic rings. The van der Waals surface area contributed by atoms with Gasteiger partial charge in [-0.05, 0) is 5.92 Å². The predicted octanol–water partition coefficient (Wildman–Crippen LogP) is 0.713. The third-order valence-electron chi connectivity index (χ3n) is 2.31. The molecule has 2 N–H and O–H groups in total. The molecule has 1 unspecified atom stereocenters. The van der Waals surface area contributed by atoms with E-state index in [1.165, 1.54) is 6.33 Å². The highest BCUT2D eigenvalue weighted by Crippen LogP contribution is 2.09. The van der Waals surface area contributed by atoms with Crippen molar-refractivity contribution in [1.82, 2.24) is 20.5 Å². The monoisotopic (exact) mass is 196 g/mol. The maximum Gasteiger partial charge on any atom is 0.223 e. The van der Waals surface area contributed by atoms with Crippen molar-refractivity contribution in [1.29, 1.82) is 0 Å². The first-order chi connectivity index (χ1) is 6.61. The average Bonchev–Trinajstić information content (AvgIpc) is 2.65. The van der Waals surface area contributed by atoms with E-state index in [0.717, 1.165) is 0 Å². The molecule has 1 rings (SSSR count). The van der Waals surface area contributed by atoms with Crippen molar-refractivity contribution in [3.8, 4) is 0 Å². The van der Waals surface area contributed by atoms with Crippen molar-refractivity contribution in [3.63, 3.8) is 0 Å². The molecule has 0 spiro atoms. The largest absolute Gasteiger partial charge is 0.349 e. The smallest absolute Gasteiger partial charge is 0.223 e. The number of hydrogen-bond acceptors (Lipinski definition) is 3. The molecule has 78 valence electrons. The number of amides is 1. The van der Waals surface area contributed by atoms with Crippen LogP contribution in [0.2, 0.25) is 0 Å². The van der Waals surface area contributed by atoms with E-state index in [9.17, 15) is 4.79 Å². The Hall–Kier alpha value is -1.39. The van der Waals surface area contributed by atoms with Crippen LogP contribution < -0.4 is 5.32 Å². The van der Waals surface area contributed by atoms with Crippen LogP contribution in [0.3, 0.4) is 0 Å². The van der Waals surface area contributed by atoms with Gasteiger partial charge in [0.2, 0.25) is 5.91 Å². The Morgan fingerprint density at radius 3 is 2.79 bits per heavy atom. The molecular formula is C9H16N4O. The van der Waals surface area contributed by atoms with Crippen molar-refractivity contribution < 1.29 is 4.79 Å². The van der Waals surface area contributed by atoms with Crippen molar-refractivity contribution in [2.24, 2.45) is 11.8 Å².